The lowest BCUT2D eigenvalue weighted by Crippen LogP contribution is -2.08. The summed E-state index contributed by atoms with van der Waals surface area (Å²) in [7, 11) is 0. The highest BCUT2D eigenvalue weighted by molar-refractivity contribution is 9.10. The lowest BCUT2D eigenvalue weighted by Gasteiger charge is -2.14. The molecule has 1 N–H and O–H groups in total. The van der Waals surface area contributed by atoms with Gasteiger partial charge in [-0.15, -0.1) is 0 Å². The molecule has 0 aliphatic heterocycles. The van der Waals surface area contributed by atoms with Gasteiger partial charge < -0.3 is 5.32 Å². The van der Waals surface area contributed by atoms with Crippen LogP contribution in [-0.2, 0) is 0 Å². The van der Waals surface area contributed by atoms with Crippen molar-refractivity contribution in [3.05, 3.63) is 64.1 Å². The number of nitrogens with zero attached hydrogens (tertiary/aromatic N) is 1. The third-order valence-corrected chi connectivity index (χ3v) is 3.28. The zero-order valence-corrected chi connectivity index (χ0v) is 11.9. The molecule has 5 heteroatoms. The van der Waals surface area contributed by atoms with Crippen LogP contribution in [-0.4, -0.2) is 0 Å². The van der Waals surface area contributed by atoms with Crippen LogP contribution in [0.25, 0.3) is 0 Å². The van der Waals surface area contributed by atoms with Gasteiger partial charge in [-0.3, -0.25) is 0 Å². The molecule has 2 rings (SSSR count). The Morgan fingerprint density at radius 3 is 2.25 bits per heavy atom. The van der Waals surface area contributed by atoms with Crippen molar-refractivity contribution in [3.63, 3.8) is 0 Å². The first kappa shape index (κ1) is 14.5. The molecule has 20 heavy (non-hydrogen) atoms. The molecule has 2 aromatic carbocycles. The van der Waals surface area contributed by atoms with E-state index in [1.807, 2.05) is 24.3 Å². The lowest BCUT2D eigenvalue weighted by atomic mass is 10.1. The highest BCUT2D eigenvalue weighted by atomic mass is 79.9. The molecular weight excluding hydrogens is 326 g/mol. The third kappa shape index (κ3) is 3.55. The number of nitriles is 1. The summed E-state index contributed by atoms with van der Waals surface area (Å²) in [5.41, 5.74) is 1.38. The van der Waals surface area contributed by atoms with E-state index in [0.29, 0.717) is 5.56 Å². The van der Waals surface area contributed by atoms with Crippen molar-refractivity contribution in [2.45, 2.75) is 12.5 Å². The molecule has 0 radical (unpaired) electrons. The monoisotopic (exact) mass is 336 g/mol. The standard InChI is InChI=1S/C15H11BrF2N2/c16-12-2-1-3-13(8-12)20-14(9-19)10-4-6-11(7-5-10)15(17)18/h1-8,14-15,20H. The predicted octanol–water partition coefficient (Wildman–Crippen LogP) is 5.06. The number of anilines is 1. The van der Waals surface area contributed by atoms with Crippen LogP contribution in [0.2, 0.25) is 0 Å². The molecule has 0 fully saturated rings. The molecule has 0 bridgehead atoms. The molecule has 0 spiro atoms. The second kappa shape index (κ2) is 6.49. The highest BCUT2D eigenvalue weighted by Gasteiger charge is 2.12. The van der Waals surface area contributed by atoms with E-state index in [4.69, 9.17) is 0 Å². The van der Waals surface area contributed by atoms with Gasteiger partial charge in [0.2, 0.25) is 0 Å². The molecule has 2 nitrogen and oxygen atoms in total. The summed E-state index contributed by atoms with van der Waals surface area (Å²) >= 11 is 3.35. The molecule has 102 valence electrons. The number of rotatable bonds is 4. The van der Waals surface area contributed by atoms with Crippen LogP contribution in [0.5, 0.6) is 0 Å². The first-order valence-electron chi connectivity index (χ1n) is 5.90. The van der Waals surface area contributed by atoms with Crippen molar-refractivity contribution < 1.29 is 8.78 Å². The van der Waals surface area contributed by atoms with Crippen LogP contribution in [0, 0.1) is 11.3 Å². The Labute approximate surface area is 124 Å². The van der Waals surface area contributed by atoms with E-state index in [9.17, 15) is 14.0 Å². The number of benzene rings is 2. The number of hydrogen-bond donors (Lipinski definition) is 1. The van der Waals surface area contributed by atoms with Crippen molar-refractivity contribution >= 4 is 21.6 Å². The van der Waals surface area contributed by atoms with Crippen molar-refractivity contribution in [1.29, 1.82) is 5.26 Å². The van der Waals surface area contributed by atoms with Crippen LogP contribution in [0.15, 0.2) is 53.0 Å². The van der Waals surface area contributed by atoms with E-state index in [1.54, 1.807) is 12.1 Å². The lowest BCUT2D eigenvalue weighted by molar-refractivity contribution is 0.151. The van der Waals surface area contributed by atoms with Crippen molar-refractivity contribution in [1.82, 2.24) is 0 Å². The summed E-state index contributed by atoms with van der Waals surface area (Å²) in [6, 6.07) is 14.7. The maximum Gasteiger partial charge on any atom is 0.263 e. The molecule has 0 heterocycles. The average molecular weight is 337 g/mol. The number of alkyl halides is 2. The smallest absolute Gasteiger partial charge is 0.263 e. The molecule has 0 aliphatic carbocycles. The van der Waals surface area contributed by atoms with E-state index >= 15 is 0 Å². The van der Waals surface area contributed by atoms with Crippen LogP contribution in [0.3, 0.4) is 0 Å². The molecule has 1 atom stereocenters. The van der Waals surface area contributed by atoms with E-state index in [0.717, 1.165) is 10.2 Å². The van der Waals surface area contributed by atoms with Crippen molar-refractivity contribution in [2.75, 3.05) is 5.32 Å². The van der Waals surface area contributed by atoms with E-state index in [-0.39, 0.29) is 5.56 Å². The van der Waals surface area contributed by atoms with Gasteiger partial charge in [0.1, 0.15) is 6.04 Å². The minimum absolute atomic E-state index is 0.0482. The van der Waals surface area contributed by atoms with E-state index < -0.39 is 12.5 Å². The fourth-order valence-corrected chi connectivity index (χ4v) is 2.17. The van der Waals surface area contributed by atoms with Gasteiger partial charge in [0.15, 0.2) is 0 Å². The van der Waals surface area contributed by atoms with Crippen LogP contribution < -0.4 is 5.32 Å². The average Bonchev–Trinajstić information content (AvgIpc) is 2.45. The zero-order valence-electron chi connectivity index (χ0n) is 10.4. The summed E-state index contributed by atoms with van der Waals surface area (Å²) in [5.74, 6) is 0. The van der Waals surface area contributed by atoms with Gasteiger partial charge in [0, 0.05) is 15.7 Å². The largest absolute Gasteiger partial charge is 0.366 e. The van der Waals surface area contributed by atoms with Crippen LogP contribution in [0.4, 0.5) is 14.5 Å². The first-order chi connectivity index (χ1) is 9.60. The van der Waals surface area contributed by atoms with Gasteiger partial charge in [-0.2, -0.15) is 5.26 Å². The molecule has 0 saturated heterocycles. The fraction of sp³-hybridized carbons (Fsp3) is 0.133. The number of hydrogen-bond acceptors (Lipinski definition) is 2. The summed E-state index contributed by atoms with van der Waals surface area (Å²) in [6.07, 6.45) is -2.50. The van der Waals surface area contributed by atoms with E-state index in [2.05, 4.69) is 27.3 Å². The Morgan fingerprint density at radius 2 is 1.70 bits per heavy atom. The summed E-state index contributed by atoms with van der Waals surface area (Å²) < 4.78 is 25.9. The Bertz CT molecular complexity index is 621. The van der Waals surface area contributed by atoms with Gasteiger partial charge in [0.25, 0.3) is 6.43 Å². The van der Waals surface area contributed by atoms with Gasteiger partial charge in [-0.05, 0) is 23.8 Å². The van der Waals surface area contributed by atoms with Crippen molar-refractivity contribution in [3.8, 4) is 6.07 Å². The number of nitrogens with one attached hydrogen (secondary N) is 1. The molecule has 1 unspecified atom stereocenters. The highest BCUT2D eigenvalue weighted by Crippen LogP contribution is 2.24. The van der Waals surface area contributed by atoms with Gasteiger partial charge in [-0.1, -0.05) is 46.3 Å². The van der Waals surface area contributed by atoms with Gasteiger partial charge in [0.05, 0.1) is 6.07 Å². The zero-order chi connectivity index (χ0) is 14.5. The van der Waals surface area contributed by atoms with Crippen molar-refractivity contribution in [2.24, 2.45) is 0 Å². The minimum Gasteiger partial charge on any atom is -0.366 e. The Balaban J connectivity index is 2.18. The summed E-state index contributed by atoms with van der Waals surface area (Å²) in [4.78, 5) is 0. The second-order valence-corrected chi connectivity index (χ2v) is 5.10. The topological polar surface area (TPSA) is 35.8 Å². The van der Waals surface area contributed by atoms with Gasteiger partial charge >= 0.3 is 0 Å². The van der Waals surface area contributed by atoms with Crippen LogP contribution in [0.1, 0.15) is 23.6 Å². The second-order valence-electron chi connectivity index (χ2n) is 4.18. The molecule has 0 aromatic heterocycles. The predicted molar refractivity (Wildman–Crippen MR) is 77.5 cm³/mol. The molecule has 2 aromatic rings. The maximum absolute atomic E-state index is 12.5. The Morgan fingerprint density at radius 1 is 1.05 bits per heavy atom. The molecular formula is C15H11BrF2N2. The fourth-order valence-electron chi connectivity index (χ4n) is 1.77. The Hall–Kier alpha value is -1.93. The minimum atomic E-state index is -2.50. The number of halogens is 3. The molecule has 0 saturated carbocycles. The van der Waals surface area contributed by atoms with Gasteiger partial charge in [-0.25, -0.2) is 8.78 Å². The Kier molecular flexibility index (Phi) is 4.70. The van der Waals surface area contributed by atoms with Crippen LogP contribution >= 0.6 is 15.9 Å². The quantitative estimate of drug-likeness (QED) is 0.846. The molecule has 0 aliphatic rings. The summed E-state index contributed by atoms with van der Waals surface area (Å²) in [5, 5.41) is 12.3. The van der Waals surface area contributed by atoms with E-state index in [1.165, 1.54) is 12.1 Å². The normalized spacial score (nSPS) is 11.9. The first-order valence-corrected chi connectivity index (χ1v) is 6.69. The summed E-state index contributed by atoms with van der Waals surface area (Å²) in [6.45, 7) is 0. The SMILES string of the molecule is N#CC(Nc1cccc(Br)c1)c1ccc(C(F)F)cc1. The maximum atomic E-state index is 12.5. The molecule has 0 amide bonds. The third-order valence-electron chi connectivity index (χ3n) is 2.79.